The summed E-state index contributed by atoms with van der Waals surface area (Å²) in [5.41, 5.74) is 8.77. The van der Waals surface area contributed by atoms with Gasteiger partial charge in [-0.05, 0) is 43.2 Å². The molecule has 0 bridgehead atoms. The van der Waals surface area contributed by atoms with Crippen LogP contribution in [0.15, 0.2) is 66.9 Å². The maximum Gasteiger partial charge on any atom is 0.327 e. The van der Waals surface area contributed by atoms with E-state index >= 15 is 0 Å². The molecule has 9 nitrogen and oxygen atoms in total. The number of nitrogen functional groups attached to an aromatic ring is 1. The van der Waals surface area contributed by atoms with Gasteiger partial charge in [-0.2, -0.15) is 0 Å². The second-order valence-corrected chi connectivity index (χ2v) is 9.40. The number of rotatable bonds is 7. The second kappa shape index (κ2) is 11.8. The first-order chi connectivity index (χ1) is 17.4. The normalized spacial score (nSPS) is 14.9. The lowest BCUT2D eigenvalue weighted by Gasteiger charge is -2.31. The van der Waals surface area contributed by atoms with Crippen LogP contribution >= 0.6 is 0 Å². The lowest BCUT2D eigenvalue weighted by atomic mass is 10.1. The summed E-state index contributed by atoms with van der Waals surface area (Å²) < 4.78 is 24.6. The van der Waals surface area contributed by atoms with Gasteiger partial charge in [-0.1, -0.05) is 56.0 Å². The number of amidine groups is 1. The van der Waals surface area contributed by atoms with E-state index in [9.17, 15) is 13.6 Å². The highest BCUT2D eigenvalue weighted by Crippen LogP contribution is 2.30. The fourth-order valence-corrected chi connectivity index (χ4v) is 4.90. The van der Waals surface area contributed by atoms with Crippen molar-refractivity contribution in [3.8, 4) is 11.1 Å². The van der Waals surface area contributed by atoms with Crippen LogP contribution in [-0.2, 0) is 11.3 Å². The van der Waals surface area contributed by atoms with E-state index in [1.807, 2.05) is 12.1 Å². The number of carbonyl (C=O) groups excluding carboxylic acids is 1. The molecule has 188 valence electrons. The molecule has 1 saturated carbocycles. The molecule has 1 heterocycles. The van der Waals surface area contributed by atoms with Gasteiger partial charge in [0.25, 0.3) is 0 Å². The molecule has 0 saturated heterocycles. The highest BCUT2D eigenvalue weighted by atomic mass is 32.2. The number of pyridine rings is 1. The van der Waals surface area contributed by atoms with Crippen LogP contribution in [0.5, 0.6) is 0 Å². The van der Waals surface area contributed by atoms with Crippen LogP contribution in [0.4, 0.5) is 22.0 Å². The van der Waals surface area contributed by atoms with E-state index in [0.29, 0.717) is 33.9 Å². The number of anilines is 3. The summed E-state index contributed by atoms with van der Waals surface area (Å²) in [6.07, 6.45) is 7.79. The van der Waals surface area contributed by atoms with Gasteiger partial charge in [-0.3, -0.25) is 19.8 Å². The topological polar surface area (TPSA) is 147 Å². The minimum Gasteiger partial charge on any atom is -0.755 e. The molecule has 1 atom stereocenters. The quantitative estimate of drug-likeness (QED) is 0.154. The minimum atomic E-state index is -2.45. The monoisotopic (exact) mass is 505 g/mol. The number of nitrogens with zero attached hydrogens (tertiary/aromatic N) is 2. The van der Waals surface area contributed by atoms with E-state index in [1.165, 1.54) is 0 Å². The fraction of sp³-hybridized carbons (Fsp3) is 0.269. The zero-order valence-electron chi connectivity index (χ0n) is 19.8. The summed E-state index contributed by atoms with van der Waals surface area (Å²) in [5, 5.41) is 10.7. The lowest BCUT2D eigenvalue weighted by Crippen LogP contribution is -2.43. The smallest absolute Gasteiger partial charge is 0.327 e. The van der Waals surface area contributed by atoms with Crippen molar-refractivity contribution < 1.29 is 13.6 Å². The van der Waals surface area contributed by atoms with Crippen molar-refractivity contribution in [3.63, 3.8) is 0 Å². The van der Waals surface area contributed by atoms with Crippen molar-refractivity contribution in [2.45, 2.75) is 44.6 Å². The van der Waals surface area contributed by atoms with Gasteiger partial charge in [0.2, 0.25) is 0 Å². The maximum atomic E-state index is 13.5. The van der Waals surface area contributed by atoms with Crippen LogP contribution in [0.1, 0.15) is 44.1 Å². The van der Waals surface area contributed by atoms with E-state index < -0.39 is 11.3 Å². The van der Waals surface area contributed by atoms with Crippen molar-refractivity contribution in [2.24, 2.45) is 5.73 Å². The lowest BCUT2D eigenvalue weighted by molar-refractivity contribution is 0.254. The van der Waals surface area contributed by atoms with Crippen LogP contribution < -0.4 is 20.7 Å². The molecule has 2 aromatic carbocycles. The number of aromatic nitrogens is 1. The molecule has 2 amide bonds. The molecular formula is C26H29N6O3S-. The van der Waals surface area contributed by atoms with Gasteiger partial charge in [0.15, 0.2) is 0 Å². The van der Waals surface area contributed by atoms with Crippen molar-refractivity contribution in [1.29, 1.82) is 5.41 Å². The van der Waals surface area contributed by atoms with E-state index in [0.717, 1.165) is 38.5 Å². The highest BCUT2D eigenvalue weighted by Gasteiger charge is 2.27. The van der Waals surface area contributed by atoms with E-state index in [4.69, 9.17) is 11.1 Å². The van der Waals surface area contributed by atoms with Crippen LogP contribution in [-0.4, -0.2) is 31.7 Å². The average Bonchev–Trinajstić information content (AvgIpc) is 3.14. The van der Waals surface area contributed by atoms with Gasteiger partial charge in [-0.15, -0.1) is 0 Å². The summed E-state index contributed by atoms with van der Waals surface area (Å²) in [5.74, 6) is 0.328. The zero-order valence-corrected chi connectivity index (χ0v) is 20.6. The molecule has 1 aliphatic carbocycles. The molecule has 3 aromatic rings. The Morgan fingerprint density at radius 2 is 1.81 bits per heavy atom. The molecule has 1 fully saturated rings. The highest BCUT2D eigenvalue weighted by molar-refractivity contribution is 7.80. The number of benzene rings is 2. The number of para-hydroxylation sites is 1. The average molecular weight is 506 g/mol. The number of carbonyl (C=O) groups is 1. The molecule has 5 N–H and O–H groups in total. The molecule has 10 heteroatoms. The van der Waals surface area contributed by atoms with Gasteiger partial charge in [0.05, 0.1) is 5.69 Å². The van der Waals surface area contributed by atoms with Gasteiger partial charge >= 0.3 is 6.03 Å². The van der Waals surface area contributed by atoms with E-state index in [-0.39, 0.29) is 17.9 Å². The largest absolute Gasteiger partial charge is 0.755 e. The number of hydrogen-bond donors (Lipinski definition) is 4. The molecular weight excluding hydrogens is 476 g/mol. The number of hydrogen-bond acceptors (Lipinski definition) is 5. The zero-order chi connectivity index (χ0) is 25.5. The third kappa shape index (κ3) is 6.27. The summed E-state index contributed by atoms with van der Waals surface area (Å²) in [4.78, 5) is 19.7. The first-order valence-electron chi connectivity index (χ1n) is 11.9. The van der Waals surface area contributed by atoms with E-state index in [2.05, 4.69) is 15.0 Å². The maximum absolute atomic E-state index is 13.5. The number of amides is 2. The summed E-state index contributed by atoms with van der Waals surface area (Å²) in [6.45, 7) is 0. The van der Waals surface area contributed by atoms with Crippen molar-refractivity contribution >= 4 is 40.3 Å². The Morgan fingerprint density at radius 3 is 2.47 bits per heavy atom. The molecule has 1 unspecified atom stereocenters. The summed E-state index contributed by atoms with van der Waals surface area (Å²) in [7, 11) is 0. The Morgan fingerprint density at radius 1 is 1.06 bits per heavy atom. The van der Waals surface area contributed by atoms with Crippen molar-refractivity contribution in [3.05, 3.63) is 72.4 Å². The van der Waals surface area contributed by atoms with Gasteiger partial charge < -0.3 is 15.0 Å². The minimum absolute atomic E-state index is 0.0277. The molecule has 1 aromatic heterocycles. The molecule has 4 rings (SSSR count). The second-order valence-electron chi connectivity index (χ2n) is 8.72. The third-order valence-corrected chi connectivity index (χ3v) is 6.66. The Labute approximate surface area is 213 Å². The fourth-order valence-electron chi connectivity index (χ4n) is 4.54. The molecule has 0 aliphatic heterocycles. The number of urea groups is 1. The van der Waals surface area contributed by atoms with Crippen LogP contribution in [0.25, 0.3) is 11.1 Å². The molecule has 0 spiro atoms. The Bertz CT molecular complexity index is 1240. The first-order valence-corrected chi connectivity index (χ1v) is 13.0. The predicted octanol–water partition coefficient (Wildman–Crippen LogP) is 5.00. The van der Waals surface area contributed by atoms with Crippen molar-refractivity contribution in [2.75, 3.05) is 14.9 Å². The summed E-state index contributed by atoms with van der Waals surface area (Å²) in [6, 6.07) is 17.4. The van der Waals surface area contributed by atoms with Crippen molar-refractivity contribution in [1.82, 2.24) is 4.98 Å². The third-order valence-electron chi connectivity index (χ3n) is 6.27. The van der Waals surface area contributed by atoms with Crippen LogP contribution in [0, 0.1) is 5.41 Å². The van der Waals surface area contributed by atoms with Crippen LogP contribution in [0.2, 0.25) is 0 Å². The predicted molar refractivity (Wildman–Crippen MR) is 143 cm³/mol. The number of nitrogens with two attached hydrogens (primary N) is 1. The van der Waals surface area contributed by atoms with E-state index in [1.54, 1.807) is 59.6 Å². The van der Waals surface area contributed by atoms with Crippen LogP contribution in [0.3, 0.4) is 0 Å². The van der Waals surface area contributed by atoms with Gasteiger partial charge in [-0.25, -0.2) is 9.78 Å². The Kier molecular flexibility index (Phi) is 8.29. The number of nitrogens with one attached hydrogen (secondary N) is 3. The van der Waals surface area contributed by atoms with Gasteiger partial charge in [0.1, 0.15) is 11.7 Å². The Hall–Kier alpha value is -3.76. The molecule has 1 aliphatic rings. The van der Waals surface area contributed by atoms with Gasteiger partial charge in [0, 0.05) is 45.9 Å². The molecule has 0 radical (unpaired) electrons. The SMILES string of the molecule is N=C(N)c1cccc(N(C(=O)Nc2ccc(-c3ccccc3NS(=O)[O-])cn2)C2CCCCCC2)c1. The molecule has 36 heavy (non-hydrogen) atoms. The summed E-state index contributed by atoms with van der Waals surface area (Å²) >= 11 is -2.45. The standard InChI is InChI=1S/C26H30N6O3S/c27-25(28)18-8-7-11-21(16-18)32(20-9-3-1-2-4-10-20)26(33)30-24-15-14-19(17-29-24)22-12-5-6-13-23(22)31-36(34)35/h5-8,11-17,20,31H,1-4,9-10H2,(H3,27,28)(H,34,35)(H,29,30,33)/p-1. The first kappa shape index (κ1) is 25.3. The Balaban J connectivity index is 1.58.